The SMILES string of the molecule is C=C(F)C(=O)OCC(F)(F)S(=O)(=O)O. The number of carbonyl (C=O) groups excluding carboxylic acids is 1. The molecular formula is C5H5F3O5S. The molecule has 0 rings (SSSR count). The Morgan fingerprint density at radius 2 is 1.93 bits per heavy atom. The molecule has 9 heteroatoms. The largest absolute Gasteiger partial charge is 0.453 e. The molecule has 0 atom stereocenters. The summed E-state index contributed by atoms with van der Waals surface area (Å²) in [7, 11) is -5.69. The van der Waals surface area contributed by atoms with E-state index in [4.69, 9.17) is 4.55 Å². The summed E-state index contributed by atoms with van der Waals surface area (Å²) in [4.78, 5) is 10.2. The van der Waals surface area contributed by atoms with Crippen molar-refractivity contribution in [2.24, 2.45) is 0 Å². The van der Waals surface area contributed by atoms with Crippen LogP contribution in [0, 0.1) is 0 Å². The van der Waals surface area contributed by atoms with E-state index >= 15 is 0 Å². The van der Waals surface area contributed by atoms with Crippen molar-refractivity contribution in [3.05, 3.63) is 12.4 Å². The van der Waals surface area contributed by atoms with Crippen molar-refractivity contribution >= 4 is 16.1 Å². The van der Waals surface area contributed by atoms with Crippen LogP contribution in [0.5, 0.6) is 0 Å². The fraction of sp³-hybridized carbons (Fsp3) is 0.400. The highest BCUT2D eigenvalue weighted by Gasteiger charge is 2.45. The Hall–Kier alpha value is -1.09. The molecule has 5 nitrogen and oxygen atoms in total. The zero-order valence-electron chi connectivity index (χ0n) is 6.54. The number of ether oxygens (including phenoxy) is 1. The first kappa shape index (κ1) is 12.9. The summed E-state index contributed by atoms with van der Waals surface area (Å²) < 4.78 is 67.7. The molecule has 0 saturated carbocycles. The number of carbonyl (C=O) groups is 1. The van der Waals surface area contributed by atoms with Crippen LogP contribution in [0.2, 0.25) is 0 Å². The van der Waals surface area contributed by atoms with Crippen LogP contribution in [0.3, 0.4) is 0 Å². The van der Waals surface area contributed by atoms with Crippen LogP contribution >= 0.6 is 0 Å². The van der Waals surface area contributed by atoms with Crippen molar-refractivity contribution in [2.75, 3.05) is 6.61 Å². The van der Waals surface area contributed by atoms with Crippen molar-refractivity contribution < 1.29 is 35.7 Å². The number of esters is 1. The summed E-state index contributed by atoms with van der Waals surface area (Å²) in [6.45, 7) is 0.441. The zero-order chi connectivity index (χ0) is 11.6. The fourth-order valence-electron chi connectivity index (χ4n) is 0.302. The molecular weight excluding hydrogens is 229 g/mol. The van der Waals surface area contributed by atoms with E-state index in [2.05, 4.69) is 11.3 Å². The summed E-state index contributed by atoms with van der Waals surface area (Å²) in [6.07, 6.45) is 0. The molecule has 14 heavy (non-hydrogen) atoms. The number of alkyl halides is 2. The molecule has 0 aliphatic heterocycles. The standard InChI is InChI=1S/C5H5F3O5S/c1-3(6)4(9)13-2-5(7,8)14(10,11)12/h1-2H2,(H,10,11,12). The van der Waals surface area contributed by atoms with E-state index in [-0.39, 0.29) is 0 Å². The predicted molar refractivity (Wildman–Crippen MR) is 37.7 cm³/mol. The van der Waals surface area contributed by atoms with Gasteiger partial charge >= 0.3 is 21.3 Å². The molecule has 0 heterocycles. The van der Waals surface area contributed by atoms with Gasteiger partial charge in [0.2, 0.25) is 5.83 Å². The van der Waals surface area contributed by atoms with E-state index in [1.165, 1.54) is 0 Å². The molecule has 0 bridgehead atoms. The molecule has 0 amide bonds. The Labute approximate surface area is 76.9 Å². The molecule has 1 N–H and O–H groups in total. The van der Waals surface area contributed by atoms with Crippen LogP contribution < -0.4 is 0 Å². The first-order chi connectivity index (χ1) is 6.08. The average molecular weight is 234 g/mol. The number of halogens is 3. The highest BCUT2D eigenvalue weighted by atomic mass is 32.2. The highest BCUT2D eigenvalue weighted by molar-refractivity contribution is 7.86. The van der Waals surface area contributed by atoms with Gasteiger partial charge in [-0.1, -0.05) is 6.58 Å². The molecule has 0 aromatic carbocycles. The Morgan fingerprint density at radius 1 is 1.50 bits per heavy atom. The third kappa shape index (κ3) is 3.34. The third-order valence-electron chi connectivity index (χ3n) is 0.970. The number of rotatable bonds is 4. The van der Waals surface area contributed by atoms with Crippen LogP contribution in [-0.4, -0.2) is 30.8 Å². The van der Waals surface area contributed by atoms with Crippen molar-refractivity contribution in [3.8, 4) is 0 Å². The molecule has 0 aromatic heterocycles. The maximum atomic E-state index is 12.3. The monoisotopic (exact) mass is 234 g/mol. The summed E-state index contributed by atoms with van der Waals surface area (Å²) in [6, 6.07) is 0. The quantitative estimate of drug-likeness (QED) is 0.435. The molecule has 0 saturated heterocycles. The molecule has 0 aliphatic carbocycles. The molecule has 0 aliphatic rings. The van der Waals surface area contributed by atoms with Crippen LogP contribution in [0.25, 0.3) is 0 Å². The van der Waals surface area contributed by atoms with Gasteiger partial charge in [-0.15, -0.1) is 0 Å². The number of hydrogen-bond acceptors (Lipinski definition) is 4. The summed E-state index contributed by atoms with van der Waals surface area (Å²) in [5, 5.41) is -4.67. The maximum absolute atomic E-state index is 12.3. The van der Waals surface area contributed by atoms with Crippen LogP contribution in [-0.2, 0) is 19.6 Å². The van der Waals surface area contributed by atoms with Gasteiger partial charge < -0.3 is 4.74 Å². The minimum Gasteiger partial charge on any atom is -0.453 e. The lowest BCUT2D eigenvalue weighted by Gasteiger charge is -2.11. The fourth-order valence-corrected chi connectivity index (χ4v) is 0.510. The maximum Gasteiger partial charge on any atom is 0.402 e. The summed E-state index contributed by atoms with van der Waals surface area (Å²) in [5.74, 6) is -3.48. The Balaban J connectivity index is 4.42. The van der Waals surface area contributed by atoms with Gasteiger partial charge in [-0.3, -0.25) is 4.55 Å². The highest BCUT2D eigenvalue weighted by Crippen LogP contribution is 2.20. The number of hydrogen-bond donors (Lipinski definition) is 1. The summed E-state index contributed by atoms with van der Waals surface area (Å²) >= 11 is 0. The Morgan fingerprint density at radius 3 is 2.21 bits per heavy atom. The Bertz CT molecular complexity index is 346. The van der Waals surface area contributed by atoms with Gasteiger partial charge in [0, 0.05) is 0 Å². The lowest BCUT2D eigenvalue weighted by molar-refractivity contribution is -0.146. The first-order valence-corrected chi connectivity index (χ1v) is 4.38. The van der Waals surface area contributed by atoms with Crippen molar-refractivity contribution in [1.82, 2.24) is 0 Å². The first-order valence-electron chi connectivity index (χ1n) is 2.94. The van der Waals surface area contributed by atoms with Gasteiger partial charge in [-0.2, -0.15) is 21.6 Å². The topological polar surface area (TPSA) is 80.7 Å². The van der Waals surface area contributed by atoms with Crippen molar-refractivity contribution in [2.45, 2.75) is 5.25 Å². The lowest BCUT2D eigenvalue weighted by atomic mass is 10.6. The van der Waals surface area contributed by atoms with Crippen LogP contribution in [0.1, 0.15) is 0 Å². The molecule has 0 aromatic rings. The second-order valence-corrected chi connectivity index (χ2v) is 3.64. The molecule has 82 valence electrons. The summed E-state index contributed by atoms with van der Waals surface area (Å²) in [5.41, 5.74) is 0. The van der Waals surface area contributed by atoms with Gasteiger partial charge in [0.25, 0.3) is 0 Å². The van der Waals surface area contributed by atoms with Crippen molar-refractivity contribution in [3.63, 3.8) is 0 Å². The minimum atomic E-state index is -5.69. The van der Waals surface area contributed by atoms with E-state index in [9.17, 15) is 26.4 Å². The minimum absolute atomic E-state index is 1.66. The van der Waals surface area contributed by atoms with Gasteiger partial charge in [0.1, 0.15) is 0 Å². The van der Waals surface area contributed by atoms with Gasteiger partial charge in [0.15, 0.2) is 6.61 Å². The van der Waals surface area contributed by atoms with E-state index in [1.807, 2.05) is 0 Å². The van der Waals surface area contributed by atoms with Gasteiger partial charge in [-0.25, -0.2) is 4.79 Å². The van der Waals surface area contributed by atoms with Gasteiger partial charge in [-0.05, 0) is 0 Å². The van der Waals surface area contributed by atoms with E-state index in [1.54, 1.807) is 0 Å². The second kappa shape index (κ2) is 3.96. The van der Waals surface area contributed by atoms with E-state index in [0.717, 1.165) is 0 Å². The van der Waals surface area contributed by atoms with Crippen LogP contribution in [0.15, 0.2) is 12.4 Å². The van der Waals surface area contributed by atoms with Crippen molar-refractivity contribution in [1.29, 1.82) is 0 Å². The molecule has 0 radical (unpaired) electrons. The third-order valence-corrected chi connectivity index (χ3v) is 1.84. The molecule has 0 fully saturated rings. The smallest absolute Gasteiger partial charge is 0.402 e. The van der Waals surface area contributed by atoms with Crippen LogP contribution in [0.4, 0.5) is 13.2 Å². The van der Waals surface area contributed by atoms with E-state index < -0.39 is 33.8 Å². The molecule has 0 unspecified atom stereocenters. The second-order valence-electron chi connectivity index (χ2n) is 2.09. The van der Waals surface area contributed by atoms with E-state index in [0.29, 0.717) is 0 Å². The van der Waals surface area contributed by atoms with Gasteiger partial charge in [0.05, 0.1) is 0 Å². The predicted octanol–water partition coefficient (Wildman–Crippen LogP) is 0.493. The zero-order valence-corrected chi connectivity index (χ0v) is 7.35. The molecule has 0 spiro atoms. The lowest BCUT2D eigenvalue weighted by Crippen LogP contribution is -2.34. The Kier molecular flexibility index (Phi) is 3.66. The normalized spacial score (nSPS) is 12.3. The average Bonchev–Trinajstić information content (AvgIpc) is 1.97.